The summed E-state index contributed by atoms with van der Waals surface area (Å²) in [7, 11) is -3.58. The van der Waals surface area contributed by atoms with Crippen molar-refractivity contribution in [2.75, 3.05) is 26.2 Å². The van der Waals surface area contributed by atoms with Crippen molar-refractivity contribution < 1.29 is 26.1 Å². The molecule has 1 aliphatic rings. The van der Waals surface area contributed by atoms with E-state index >= 15 is 0 Å². The first-order valence-corrected chi connectivity index (χ1v) is 11.8. The number of benzene rings is 2. The summed E-state index contributed by atoms with van der Waals surface area (Å²) >= 11 is 3.29. The molecule has 7 nitrogen and oxygen atoms in total. The average molecular weight is 531 g/mol. The second-order valence-corrected chi connectivity index (χ2v) is 10.1. The van der Waals surface area contributed by atoms with Gasteiger partial charge in [-0.1, -0.05) is 27.2 Å². The lowest BCUT2D eigenvalue weighted by Gasteiger charge is -2.33. The zero-order valence-corrected chi connectivity index (χ0v) is 19.0. The molecule has 0 amide bonds. The highest BCUT2D eigenvalue weighted by molar-refractivity contribution is 9.10. The summed E-state index contributed by atoms with van der Waals surface area (Å²) in [6, 6.07) is 11.2. The van der Waals surface area contributed by atoms with Crippen LogP contribution in [0.25, 0.3) is 11.5 Å². The van der Waals surface area contributed by atoms with Crippen molar-refractivity contribution in [1.82, 2.24) is 19.3 Å². The largest absolute Gasteiger partial charge is 0.416 e. The van der Waals surface area contributed by atoms with Crippen LogP contribution < -0.4 is 0 Å². The molecule has 3 aromatic rings. The van der Waals surface area contributed by atoms with Gasteiger partial charge in [0, 0.05) is 36.2 Å². The van der Waals surface area contributed by atoms with Gasteiger partial charge in [-0.3, -0.25) is 4.90 Å². The van der Waals surface area contributed by atoms with E-state index in [9.17, 15) is 21.6 Å². The van der Waals surface area contributed by atoms with E-state index in [4.69, 9.17) is 4.52 Å². The van der Waals surface area contributed by atoms with Crippen LogP contribution in [0, 0.1) is 0 Å². The molecular weight excluding hydrogens is 513 g/mol. The lowest BCUT2D eigenvalue weighted by molar-refractivity contribution is -0.137. The van der Waals surface area contributed by atoms with E-state index in [2.05, 4.69) is 26.1 Å². The first kappa shape index (κ1) is 22.9. The van der Waals surface area contributed by atoms with E-state index in [0.29, 0.717) is 38.5 Å². The van der Waals surface area contributed by atoms with Gasteiger partial charge in [0.2, 0.25) is 10.0 Å². The Kier molecular flexibility index (Phi) is 6.39. The summed E-state index contributed by atoms with van der Waals surface area (Å²) in [5.41, 5.74) is -0.609. The van der Waals surface area contributed by atoms with Crippen LogP contribution in [-0.2, 0) is 22.7 Å². The molecule has 32 heavy (non-hydrogen) atoms. The third-order valence-corrected chi connectivity index (χ3v) is 7.49. The average Bonchev–Trinajstić information content (AvgIpc) is 3.22. The van der Waals surface area contributed by atoms with Crippen molar-refractivity contribution >= 4 is 26.0 Å². The Labute approximate surface area is 191 Å². The zero-order valence-electron chi connectivity index (χ0n) is 16.6. The van der Waals surface area contributed by atoms with Crippen LogP contribution in [0.5, 0.6) is 0 Å². The number of nitrogens with zero attached hydrogens (tertiary/aromatic N) is 4. The fourth-order valence-electron chi connectivity index (χ4n) is 3.35. The molecule has 170 valence electrons. The second kappa shape index (κ2) is 8.93. The molecule has 2 aromatic carbocycles. The van der Waals surface area contributed by atoms with Gasteiger partial charge in [0.25, 0.3) is 5.89 Å². The third kappa shape index (κ3) is 5.03. The van der Waals surface area contributed by atoms with Gasteiger partial charge < -0.3 is 4.52 Å². The Balaban J connectivity index is 1.38. The number of halogens is 4. The van der Waals surface area contributed by atoms with Crippen molar-refractivity contribution in [3.63, 3.8) is 0 Å². The van der Waals surface area contributed by atoms with E-state index < -0.39 is 21.8 Å². The van der Waals surface area contributed by atoms with Gasteiger partial charge in [-0.15, -0.1) is 0 Å². The standard InChI is InChI=1S/C20H18BrF3N4O3S/c21-16-4-6-17(7-5-16)32(29,30)28-10-8-27(9-11-28)13-18-25-19(31-26-18)14-2-1-3-15(12-14)20(22,23)24/h1-7,12H,8-11,13H2. The molecule has 0 radical (unpaired) electrons. The van der Waals surface area contributed by atoms with Crippen LogP contribution in [0.4, 0.5) is 13.2 Å². The zero-order chi connectivity index (χ0) is 22.9. The van der Waals surface area contributed by atoms with Gasteiger partial charge in [0.05, 0.1) is 17.0 Å². The Morgan fingerprint density at radius 1 is 1.03 bits per heavy atom. The predicted octanol–water partition coefficient (Wildman–Crippen LogP) is 4.02. The second-order valence-electron chi connectivity index (χ2n) is 7.23. The lowest BCUT2D eigenvalue weighted by Crippen LogP contribution is -2.48. The molecule has 0 atom stereocenters. The fourth-order valence-corrected chi connectivity index (χ4v) is 5.03. The minimum absolute atomic E-state index is 0.00236. The third-order valence-electron chi connectivity index (χ3n) is 5.05. The summed E-state index contributed by atoms with van der Waals surface area (Å²) in [5.74, 6) is 0.323. The Bertz CT molecular complexity index is 1190. The molecule has 1 fully saturated rings. The van der Waals surface area contributed by atoms with Crippen molar-refractivity contribution in [2.24, 2.45) is 0 Å². The quantitative estimate of drug-likeness (QED) is 0.495. The van der Waals surface area contributed by atoms with Gasteiger partial charge in [0.1, 0.15) is 0 Å². The molecular formula is C20H18BrF3N4O3S. The fraction of sp³-hybridized carbons (Fsp3) is 0.300. The molecule has 2 heterocycles. The molecule has 0 unspecified atom stereocenters. The number of alkyl halides is 3. The number of rotatable bonds is 5. The highest BCUT2D eigenvalue weighted by Gasteiger charge is 2.31. The molecule has 0 spiro atoms. The topological polar surface area (TPSA) is 79.5 Å². The monoisotopic (exact) mass is 530 g/mol. The van der Waals surface area contributed by atoms with Crippen molar-refractivity contribution in [2.45, 2.75) is 17.6 Å². The molecule has 12 heteroatoms. The normalized spacial score (nSPS) is 16.4. The number of aromatic nitrogens is 2. The maximum atomic E-state index is 12.9. The molecule has 0 bridgehead atoms. The minimum Gasteiger partial charge on any atom is -0.334 e. The van der Waals surface area contributed by atoms with Crippen molar-refractivity contribution in [3.8, 4) is 11.5 Å². The van der Waals surface area contributed by atoms with Crippen LogP contribution in [0.2, 0.25) is 0 Å². The van der Waals surface area contributed by atoms with Crippen molar-refractivity contribution in [1.29, 1.82) is 0 Å². The van der Waals surface area contributed by atoms with E-state index in [1.54, 1.807) is 24.3 Å². The number of piperazine rings is 1. The van der Waals surface area contributed by atoms with Gasteiger partial charge in [0.15, 0.2) is 5.82 Å². The van der Waals surface area contributed by atoms with Crippen LogP contribution in [-0.4, -0.2) is 53.9 Å². The maximum Gasteiger partial charge on any atom is 0.416 e. The van der Waals surface area contributed by atoms with Crippen LogP contribution in [0.1, 0.15) is 11.4 Å². The minimum atomic E-state index is -4.46. The van der Waals surface area contributed by atoms with Crippen molar-refractivity contribution in [3.05, 3.63) is 64.4 Å². The maximum absolute atomic E-state index is 12.9. The number of hydrogen-bond acceptors (Lipinski definition) is 6. The van der Waals surface area contributed by atoms with Gasteiger partial charge >= 0.3 is 6.18 Å². The van der Waals surface area contributed by atoms with E-state index in [0.717, 1.165) is 16.6 Å². The molecule has 0 aliphatic carbocycles. The van der Waals surface area contributed by atoms with Gasteiger partial charge in [-0.2, -0.15) is 22.5 Å². The molecule has 1 aliphatic heterocycles. The molecule has 1 saturated heterocycles. The molecule has 4 rings (SSSR count). The van der Waals surface area contributed by atoms with Crippen LogP contribution in [0.15, 0.2) is 62.4 Å². The summed E-state index contributed by atoms with van der Waals surface area (Å²) < 4.78 is 71.7. The summed E-state index contributed by atoms with van der Waals surface area (Å²) in [6.07, 6.45) is -4.46. The SMILES string of the molecule is O=S(=O)(c1ccc(Br)cc1)N1CCN(Cc2noc(-c3cccc(C(F)(F)F)c3)n2)CC1. The number of sulfonamides is 1. The first-order valence-electron chi connectivity index (χ1n) is 9.61. The molecule has 0 saturated carbocycles. The van der Waals surface area contributed by atoms with E-state index in [1.165, 1.54) is 16.4 Å². The highest BCUT2D eigenvalue weighted by Crippen LogP contribution is 2.31. The highest BCUT2D eigenvalue weighted by atomic mass is 79.9. The van der Waals surface area contributed by atoms with Crippen LogP contribution in [0.3, 0.4) is 0 Å². The Morgan fingerprint density at radius 2 is 1.72 bits per heavy atom. The Morgan fingerprint density at radius 3 is 2.38 bits per heavy atom. The molecule has 1 aromatic heterocycles. The molecule has 0 N–H and O–H groups in total. The van der Waals surface area contributed by atoms with Crippen LogP contribution >= 0.6 is 15.9 Å². The first-order chi connectivity index (χ1) is 15.1. The summed E-state index contributed by atoms with van der Waals surface area (Å²) in [5, 5.41) is 3.86. The smallest absolute Gasteiger partial charge is 0.334 e. The predicted molar refractivity (Wildman–Crippen MR) is 113 cm³/mol. The number of hydrogen-bond donors (Lipinski definition) is 0. The Hall–Kier alpha value is -2.28. The van der Waals surface area contributed by atoms with E-state index in [1.807, 2.05) is 4.90 Å². The summed E-state index contributed by atoms with van der Waals surface area (Å²) in [4.78, 5) is 6.40. The van der Waals surface area contributed by atoms with E-state index in [-0.39, 0.29) is 16.3 Å². The lowest BCUT2D eigenvalue weighted by atomic mass is 10.1. The summed E-state index contributed by atoms with van der Waals surface area (Å²) in [6.45, 7) is 1.83. The van der Waals surface area contributed by atoms with Gasteiger partial charge in [-0.05, 0) is 42.5 Å². The van der Waals surface area contributed by atoms with Gasteiger partial charge in [-0.25, -0.2) is 8.42 Å².